The molecule has 1 aliphatic heterocycles. The second kappa shape index (κ2) is 7.22. The molecular weight excluding hydrogens is 270 g/mol. The summed E-state index contributed by atoms with van der Waals surface area (Å²) < 4.78 is 10.4. The van der Waals surface area contributed by atoms with Crippen LogP contribution < -0.4 is 4.74 Å². The summed E-state index contributed by atoms with van der Waals surface area (Å²) in [6.45, 7) is 3.71. The number of carbonyl (C=O) groups excluding carboxylic acids is 2. The number of carbonyl (C=O) groups is 2. The van der Waals surface area contributed by atoms with Gasteiger partial charge in [0.1, 0.15) is 5.75 Å². The maximum atomic E-state index is 12.1. The van der Waals surface area contributed by atoms with Gasteiger partial charge < -0.3 is 14.4 Å². The zero-order chi connectivity index (χ0) is 15.2. The van der Waals surface area contributed by atoms with Crippen LogP contribution in [0, 0.1) is 0 Å². The van der Waals surface area contributed by atoms with Gasteiger partial charge in [0.25, 0.3) is 0 Å². The van der Waals surface area contributed by atoms with Crippen LogP contribution in [0.3, 0.4) is 0 Å². The van der Waals surface area contributed by atoms with Crippen LogP contribution in [0.15, 0.2) is 24.3 Å². The number of rotatable bonds is 5. The fourth-order valence-electron chi connectivity index (χ4n) is 2.38. The molecule has 1 aromatic rings. The number of methoxy groups -OCH3 is 1. The smallest absolute Gasteiger partial charge is 0.223 e. The van der Waals surface area contributed by atoms with E-state index in [9.17, 15) is 9.59 Å². The third kappa shape index (κ3) is 4.04. The number of Topliss-reactive ketones (excluding diaryl/α,β-unsaturated/α-hetero) is 1. The Morgan fingerprint density at radius 1 is 1.29 bits per heavy atom. The highest BCUT2D eigenvalue weighted by Gasteiger charge is 2.23. The Labute approximate surface area is 124 Å². The Kier molecular flexibility index (Phi) is 5.33. The van der Waals surface area contributed by atoms with E-state index in [1.165, 1.54) is 0 Å². The third-order valence-corrected chi connectivity index (χ3v) is 3.67. The zero-order valence-electron chi connectivity index (χ0n) is 12.5. The van der Waals surface area contributed by atoms with Crippen molar-refractivity contribution in [1.82, 2.24) is 4.90 Å². The SMILES string of the molecule is COc1ccc(C(=O)CCC(=O)N2CCOCC2C)cc1. The van der Waals surface area contributed by atoms with Crippen LogP contribution in [0.25, 0.3) is 0 Å². The number of ketones is 1. The molecule has 1 fully saturated rings. The lowest BCUT2D eigenvalue weighted by Crippen LogP contribution is -2.47. The van der Waals surface area contributed by atoms with E-state index >= 15 is 0 Å². The first kappa shape index (κ1) is 15.5. The molecule has 0 aliphatic carbocycles. The molecule has 1 unspecified atom stereocenters. The van der Waals surface area contributed by atoms with E-state index in [1.807, 2.05) is 6.92 Å². The van der Waals surface area contributed by atoms with Gasteiger partial charge >= 0.3 is 0 Å². The molecule has 5 nitrogen and oxygen atoms in total. The van der Waals surface area contributed by atoms with E-state index in [0.717, 1.165) is 0 Å². The maximum absolute atomic E-state index is 12.1. The molecular formula is C16H21NO4. The summed E-state index contributed by atoms with van der Waals surface area (Å²) in [7, 11) is 1.58. The average molecular weight is 291 g/mol. The van der Waals surface area contributed by atoms with Gasteiger partial charge in [-0.15, -0.1) is 0 Å². The predicted molar refractivity (Wildman–Crippen MR) is 78.6 cm³/mol. The van der Waals surface area contributed by atoms with Crippen LogP contribution in [0.1, 0.15) is 30.1 Å². The highest BCUT2D eigenvalue weighted by Crippen LogP contribution is 2.15. The fraction of sp³-hybridized carbons (Fsp3) is 0.500. The maximum Gasteiger partial charge on any atom is 0.223 e. The van der Waals surface area contributed by atoms with Gasteiger partial charge in [0, 0.05) is 24.9 Å². The lowest BCUT2D eigenvalue weighted by atomic mass is 10.1. The topological polar surface area (TPSA) is 55.8 Å². The summed E-state index contributed by atoms with van der Waals surface area (Å²) in [6, 6.07) is 7.03. The summed E-state index contributed by atoms with van der Waals surface area (Å²) in [5.41, 5.74) is 0.610. The highest BCUT2D eigenvalue weighted by atomic mass is 16.5. The molecule has 1 atom stereocenters. The first-order chi connectivity index (χ1) is 10.1. The number of nitrogens with zero attached hydrogens (tertiary/aromatic N) is 1. The van der Waals surface area contributed by atoms with Gasteiger partial charge in [-0.25, -0.2) is 0 Å². The molecule has 5 heteroatoms. The summed E-state index contributed by atoms with van der Waals surface area (Å²) in [4.78, 5) is 26.0. The summed E-state index contributed by atoms with van der Waals surface area (Å²) in [5.74, 6) is 0.712. The van der Waals surface area contributed by atoms with Crippen molar-refractivity contribution in [2.45, 2.75) is 25.8 Å². The lowest BCUT2D eigenvalue weighted by molar-refractivity contribution is -0.139. The number of benzene rings is 1. The molecule has 0 bridgehead atoms. The first-order valence-electron chi connectivity index (χ1n) is 7.16. The molecule has 1 amide bonds. The Morgan fingerprint density at radius 3 is 2.62 bits per heavy atom. The van der Waals surface area contributed by atoms with Crippen molar-refractivity contribution in [1.29, 1.82) is 0 Å². The van der Waals surface area contributed by atoms with Crippen LogP contribution in [-0.4, -0.2) is 49.5 Å². The first-order valence-corrected chi connectivity index (χ1v) is 7.16. The van der Waals surface area contributed by atoms with Gasteiger partial charge in [-0.3, -0.25) is 9.59 Å². The van der Waals surface area contributed by atoms with Gasteiger partial charge in [-0.05, 0) is 31.2 Å². The number of ether oxygens (including phenoxy) is 2. The van der Waals surface area contributed by atoms with E-state index in [1.54, 1.807) is 36.3 Å². The Morgan fingerprint density at radius 2 is 2.00 bits per heavy atom. The summed E-state index contributed by atoms with van der Waals surface area (Å²) >= 11 is 0. The average Bonchev–Trinajstić information content (AvgIpc) is 2.52. The van der Waals surface area contributed by atoms with Crippen molar-refractivity contribution in [3.63, 3.8) is 0 Å². The lowest BCUT2D eigenvalue weighted by Gasteiger charge is -2.33. The quantitative estimate of drug-likeness (QED) is 0.778. The molecule has 0 spiro atoms. The van der Waals surface area contributed by atoms with Gasteiger partial charge in [0.15, 0.2) is 5.78 Å². The molecule has 114 valence electrons. The van der Waals surface area contributed by atoms with Crippen molar-refractivity contribution in [2.24, 2.45) is 0 Å². The van der Waals surface area contributed by atoms with E-state index in [2.05, 4.69) is 0 Å². The van der Waals surface area contributed by atoms with Crippen LogP contribution >= 0.6 is 0 Å². The molecule has 2 rings (SSSR count). The van der Waals surface area contributed by atoms with Crippen LogP contribution in [0.5, 0.6) is 5.75 Å². The van der Waals surface area contributed by atoms with Crippen molar-refractivity contribution in [2.75, 3.05) is 26.9 Å². The molecule has 0 aromatic heterocycles. The zero-order valence-corrected chi connectivity index (χ0v) is 12.5. The molecule has 1 aromatic carbocycles. The van der Waals surface area contributed by atoms with Crippen molar-refractivity contribution in [3.8, 4) is 5.75 Å². The van der Waals surface area contributed by atoms with Crippen molar-refractivity contribution >= 4 is 11.7 Å². The fourth-order valence-corrected chi connectivity index (χ4v) is 2.38. The molecule has 0 radical (unpaired) electrons. The minimum atomic E-state index is -0.0214. The summed E-state index contributed by atoms with van der Waals surface area (Å²) in [6.07, 6.45) is 0.477. The second-order valence-corrected chi connectivity index (χ2v) is 5.16. The van der Waals surface area contributed by atoms with Crippen molar-refractivity contribution < 1.29 is 19.1 Å². The van der Waals surface area contributed by atoms with Crippen LogP contribution in [-0.2, 0) is 9.53 Å². The van der Waals surface area contributed by atoms with Crippen LogP contribution in [0.4, 0.5) is 0 Å². The predicted octanol–water partition coefficient (Wildman–Crippen LogP) is 1.91. The standard InChI is InChI=1S/C16H21NO4/c1-12-11-21-10-9-17(12)16(19)8-7-15(18)13-3-5-14(20-2)6-4-13/h3-6,12H,7-11H2,1-2H3. The molecule has 1 aliphatic rings. The van der Waals surface area contributed by atoms with E-state index in [4.69, 9.17) is 9.47 Å². The van der Waals surface area contributed by atoms with E-state index < -0.39 is 0 Å². The van der Waals surface area contributed by atoms with E-state index in [0.29, 0.717) is 31.1 Å². The largest absolute Gasteiger partial charge is 0.497 e. The minimum absolute atomic E-state index is 0.0210. The second-order valence-electron chi connectivity index (χ2n) is 5.16. The number of morpholine rings is 1. The van der Waals surface area contributed by atoms with Crippen LogP contribution in [0.2, 0.25) is 0 Å². The highest BCUT2D eigenvalue weighted by molar-refractivity contribution is 5.98. The molecule has 1 saturated heterocycles. The monoisotopic (exact) mass is 291 g/mol. The number of hydrogen-bond donors (Lipinski definition) is 0. The van der Waals surface area contributed by atoms with E-state index in [-0.39, 0.29) is 30.6 Å². The third-order valence-electron chi connectivity index (χ3n) is 3.67. The number of amides is 1. The van der Waals surface area contributed by atoms with Crippen molar-refractivity contribution in [3.05, 3.63) is 29.8 Å². The molecule has 0 saturated carbocycles. The van der Waals surface area contributed by atoms with Gasteiger partial charge in [-0.1, -0.05) is 0 Å². The van der Waals surface area contributed by atoms with Gasteiger partial charge in [0.2, 0.25) is 5.91 Å². The molecule has 0 N–H and O–H groups in total. The Balaban J connectivity index is 1.86. The Bertz CT molecular complexity index is 498. The normalized spacial score (nSPS) is 18.4. The van der Waals surface area contributed by atoms with Gasteiger partial charge in [-0.2, -0.15) is 0 Å². The van der Waals surface area contributed by atoms with Gasteiger partial charge in [0.05, 0.1) is 26.4 Å². The molecule has 1 heterocycles. The minimum Gasteiger partial charge on any atom is -0.497 e. The summed E-state index contributed by atoms with van der Waals surface area (Å²) in [5, 5.41) is 0. The Hall–Kier alpha value is -1.88. The molecule has 21 heavy (non-hydrogen) atoms. The number of hydrogen-bond acceptors (Lipinski definition) is 4.